The van der Waals surface area contributed by atoms with Crippen LogP contribution in [0, 0.1) is 13.8 Å². The summed E-state index contributed by atoms with van der Waals surface area (Å²) in [5, 5.41) is 13.6. The first-order valence-electron chi connectivity index (χ1n) is 7.09. The number of aromatic nitrogens is 4. The third kappa shape index (κ3) is 1.94. The summed E-state index contributed by atoms with van der Waals surface area (Å²) in [6, 6.07) is 10.5. The summed E-state index contributed by atoms with van der Waals surface area (Å²) in [6.45, 7) is 3.97. The summed E-state index contributed by atoms with van der Waals surface area (Å²) in [5.41, 5.74) is 4.18. The molecule has 1 aliphatic rings. The van der Waals surface area contributed by atoms with Crippen molar-refractivity contribution in [2.75, 3.05) is 0 Å². The molecule has 0 N–H and O–H groups in total. The van der Waals surface area contributed by atoms with Crippen molar-refractivity contribution in [1.82, 2.24) is 19.8 Å². The fraction of sp³-hybridized carbons (Fsp3) is 0.312. The van der Waals surface area contributed by atoms with E-state index in [0.717, 1.165) is 29.0 Å². The molecular weight excluding hydrogens is 284 g/mol. The molecule has 4 nitrogen and oxygen atoms in total. The summed E-state index contributed by atoms with van der Waals surface area (Å²) in [6.07, 6.45) is 1.09. The summed E-state index contributed by atoms with van der Waals surface area (Å²) in [5.74, 6) is 1.82. The van der Waals surface area contributed by atoms with Crippen LogP contribution in [0.1, 0.15) is 40.8 Å². The van der Waals surface area contributed by atoms with Crippen LogP contribution in [-0.4, -0.2) is 19.8 Å². The van der Waals surface area contributed by atoms with Gasteiger partial charge in [0.2, 0.25) is 0 Å². The first kappa shape index (κ1) is 12.8. The van der Waals surface area contributed by atoms with Crippen LogP contribution in [0.25, 0.3) is 5.65 Å². The Morgan fingerprint density at radius 3 is 2.57 bits per heavy atom. The minimum absolute atomic E-state index is 0.382. The molecule has 0 aliphatic heterocycles. The zero-order valence-electron chi connectivity index (χ0n) is 11.9. The maximum atomic E-state index is 6.21. The topological polar surface area (TPSA) is 43.1 Å². The quantitative estimate of drug-likeness (QED) is 0.725. The molecule has 1 saturated carbocycles. The van der Waals surface area contributed by atoms with E-state index in [1.807, 2.05) is 24.4 Å². The molecule has 1 aliphatic carbocycles. The smallest absolute Gasteiger partial charge is 0.181 e. The molecule has 2 aromatic heterocycles. The zero-order valence-corrected chi connectivity index (χ0v) is 12.7. The molecular formula is C16H15ClN4. The molecule has 0 saturated heterocycles. The Hall–Kier alpha value is -1.94. The van der Waals surface area contributed by atoms with Gasteiger partial charge in [0.05, 0.1) is 0 Å². The molecule has 3 aromatic rings. The normalized spacial score (nSPS) is 20.9. The van der Waals surface area contributed by atoms with E-state index in [0.29, 0.717) is 17.0 Å². The van der Waals surface area contributed by atoms with Gasteiger partial charge in [0.1, 0.15) is 0 Å². The Morgan fingerprint density at radius 2 is 1.81 bits per heavy atom. The summed E-state index contributed by atoms with van der Waals surface area (Å²) >= 11 is 6.21. The molecule has 2 unspecified atom stereocenters. The second-order valence-corrected chi connectivity index (χ2v) is 6.05. The summed E-state index contributed by atoms with van der Waals surface area (Å²) in [7, 11) is 0. The van der Waals surface area contributed by atoms with E-state index in [-0.39, 0.29) is 0 Å². The fourth-order valence-electron chi connectivity index (χ4n) is 2.89. The maximum absolute atomic E-state index is 6.21. The lowest BCUT2D eigenvalue weighted by molar-refractivity contribution is 0.796. The van der Waals surface area contributed by atoms with Crippen LogP contribution in [-0.2, 0) is 0 Å². The van der Waals surface area contributed by atoms with Crippen LogP contribution in [0.4, 0.5) is 0 Å². The van der Waals surface area contributed by atoms with Gasteiger partial charge in [-0.3, -0.25) is 0 Å². The van der Waals surface area contributed by atoms with Gasteiger partial charge in [-0.25, -0.2) is 0 Å². The molecule has 2 heterocycles. The standard InChI is InChI=1S/C16H15ClN4/c1-9-10(2)15-18-19-16(21(15)20-14(9)17)13-8-12(13)11-6-4-3-5-7-11/h3-7,12-13H,8H2,1-2H3. The average Bonchev–Trinajstić information content (AvgIpc) is 3.19. The van der Waals surface area contributed by atoms with Gasteiger partial charge in [0, 0.05) is 11.5 Å². The lowest BCUT2D eigenvalue weighted by Gasteiger charge is -2.05. The number of rotatable bonds is 2. The maximum Gasteiger partial charge on any atom is 0.181 e. The van der Waals surface area contributed by atoms with E-state index in [1.54, 1.807) is 0 Å². The molecule has 0 radical (unpaired) electrons. The number of aryl methyl sites for hydroxylation is 1. The second-order valence-electron chi connectivity index (χ2n) is 5.69. The molecule has 106 valence electrons. The van der Waals surface area contributed by atoms with Crippen LogP contribution in [0.3, 0.4) is 0 Å². The Morgan fingerprint density at radius 1 is 1.05 bits per heavy atom. The summed E-state index contributed by atoms with van der Waals surface area (Å²) in [4.78, 5) is 0. The first-order chi connectivity index (χ1) is 10.2. The highest BCUT2D eigenvalue weighted by atomic mass is 35.5. The Labute approximate surface area is 127 Å². The number of hydrogen-bond donors (Lipinski definition) is 0. The molecule has 0 amide bonds. The van der Waals surface area contributed by atoms with Crippen molar-refractivity contribution >= 4 is 17.2 Å². The van der Waals surface area contributed by atoms with E-state index >= 15 is 0 Å². The largest absolute Gasteiger partial charge is 0.195 e. The predicted molar refractivity (Wildman–Crippen MR) is 81.8 cm³/mol. The van der Waals surface area contributed by atoms with Crippen LogP contribution >= 0.6 is 11.6 Å². The average molecular weight is 299 g/mol. The van der Waals surface area contributed by atoms with Crippen molar-refractivity contribution in [2.24, 2.45) is 0 Å². The van der Waals surface area contributed by atoms with E-state index in [1.165, 1.54) is 5.56 Å². The molecule has 0 bridgehead atoms. The van der Waals surface area contributed by atoms with Crippen LogP contribution in [0.5, 0.6) is 0 Å². The van der Waals surface area contributed by atoms with Crippen molar-refractivity contribution < 1.29 is 0 Å². The lowest BCUT2D eigenvalue weighted by Crippen LogP contribution is -2.02. The highest BCUT2D eigenvalue weighted by Crippen LogP contribution is 2.53. The number of halogens is 1. The van der Waals surface area contributed by atoms with Crippen molar-refractivity contribution in [3.63, 3.8) is 0 Å². The number of nitrogens with zero attached hydrogens (tertiary/aromatic N) is 4. The van der Waals surface area contributed by atoms with E-state index in [9.17, 15) is 0 Å². The van der Waals surface area contributed by atoms with Gasteiger partial charge < -0.3 is 0 Å². The molecule has 1 fully saturated rings. The van der Waals surface area contributed by atoms with Crippen LogP contribution in [0.15, 0.2) is 30.3 Å². The van der Waals surface area contributed by atoms with Crippen molar-refractivity contribution in [1.29, 1.82) is 0 Å². The Kier molecular flexibility index (Phi) is 2.76. The first-order valence-corrected chi connectivity index (χ1v) is 7.47. The number of hydrogen-bond acceptors (Lipinski definition) is 3. The van der Waals surface area contributed by atoms with Gasteiger partial charge in [-0.15, -0.1) is 10.2 Å². The van der Waals surface area contributed by atoms with Crippen molar-refractivity contribution in [3.8, 4) is 0 Å². The molecule has 21 heavy (non-hydrogen) atoms. The molecule has 0 spiro atoms. The molecule has 2 atom stereocenters. The van der Waals surface area contributed by atoms with E-state index in [2.05, 4.69) is 39.6 Å². The minimum Gasteiger partial charge on any atom is -0.195 e. The summed E-state index contributed by atoms with van der Waals surface area (Å²) < 4.78 is 1.82. The zero-order chi connectivity index (χ0) is 14.6. The highest BCUT2D eigenvalue weighted by Gasteiger charge is 2.43. The predicted octanol–water partition coefficient (Wildman–Crippen LogP) is 3.67. The molecule has 4 rings (SSSR count). The third-order valence-electron chi connectivity index (χ3n) is 4.41. The number of fused-ring (bicyclic) bond motifs is 1. The monoisotopic (exact) mass is 298 g/mol. The number of benzene rings is 1. The van der Waals surface area contributed by atoms with Gasteiger partial charge in [-0.2, -0.15) is 9.61 Å². The van der Waals surface area contributed by atoms with Crippen molar-refractivity contribution in [3.05, 3.63) is 58.0 Å². The SMILES string of the molecule is Cc1c(Cl)nn2c(C3CC3c3ccccc3)nnc2c1C. The van der Waals surface area contributed by atoms with Crippen molar-refractivity contribution in [2.45, 2.75) is 32.1 Å². The molecule has 5 heteroatoms. The van der Waals surface area contributed by atoms with Gasteiger partial charge >= 0.3 is 0 Å². The second kappa shape index (κ2) is 4.53. The third-order valence-corrected chi connectivity index (χ3v) is 4.77. The Balaban J connectivity index is 1.76. The van der Waals surface area contributed by atoms with Crippen LogP contribution in [0.2, 0.25) is 5.15 Å². The van der Waals surface area contributed by atoms with Gasteiger partial charge in [0.25, 0.3) is 0 Å². The lowest BCUT2D eigenvalue weighted by atomic mass is 10.1. The van der Waals surface area contributed by atoms with Gasteiger partial charge in [-0.1, -0.05) is 41.9 Å². The highest BCUT2D eigenvalue weighted by molar-refractivity contribution is 6.30. The molecule has 1 aromatic carbocycles. The van der Waals surface area contributed by atoms with Gasteiger partial charge in [-0.05, 0) is 37.3 Å². The van der Waals surface area contributed by atoms with Gasteiger partial charge in [0.15, 0.2) is 16.6 Å². The minimum atomic E-state index is 0.382. The van der Waals surface area contributed by atoms with Crippen LogP contribution < -0.4 is 0 Å². The Bertz CT molecular complexity index is 825. The fourth-order valence-corrected chi connectivity index (χ4v) is 3.11. The van der Waals surface area contributed by atoms with E-state index in [4.69, 9.17) is 11.6 Å². The van der Waals surface area contributed by atoms with E-state index < -0.39 is 0 Å².